The van der Waals surface area contributed by atoms with Crippen molar-refractivity contribution in [1.82, 2.24) is 9.71 Å². The number of aryl methyl sites for hydroxylation is 1. The van der Waals surface area contributed by atoms with Gasteiger partial charge in [-0.25, -0.2) is 18.1 Å². The first-order valence-electron chi connectivity index (χ1n) is 4.63. The molecular formula is C9H13ClN2O2S2. The monoisotopic (exact) mass is 280 g/mol. The van der Waals surface area contributed by atoms with Gasteiger partial charge in [0.2, 0.25) is 0 Å². The summed E-state index contributed by atoms with van der Waals surface area (Å²) in [5.74, 6) is 0. The fourth-order valence-corrected chi connectivity index (χ4v) is 4.23. The average Bonchev–Trinajstić information content (AvgIpc) is 2.45. The highest BCUT2D eigenvalue weighted by Gasteiger charge is 2.22. The van der Waals surface area contributed by atoms with E-state index in [2.05, 4.69) is 16.3 Å². The van der Waals surface area contributed by atoms with E-state index in [-0.39, 0.29) is 14.7 Å². The van der Waals surface area contributed by atoms with Gasteiger partial charge < -0.3 is 0 Å². The molecule has 1 aromatic rings. The zero-order valence-corrected chi connectivity index (χ0v) is 11.4. The molecule has 0 saturated carbocycles. The molecule has 1 heterocycles. The summed E-state index contributed by atoms with van der Waals surface area (Å²) in [6, 6.07) is -0.192. The molecule has 1 aromatic heterocycles. The lowest BCUT2D eigenvalue weighted by Gasteiger charge is -2.10. The number of aromatic nitrogens is 1. The lowest BCUT2D eigenvalue weighted by atomic mass is 10.3. The summed E-state index contributed by atoms with van der Waals surface area (Å²) in [4.78, 5) is 3.88. The van der Waals surface area contributed by atoms with Crippen LogP contribution in [0.25, 0.3) is 0 Å². The van der Waals surface area contributed by atoms with Crippen molar-refractivity contribution < 1.29 is 8.42 Å². The summed E-state index contributed by atoms with van der Waals surface area (Å²) < 4.78 is 26.8. The molecule has 1 rings (SSSR count). The third-order valence-corrected chi connectivity index (χ3v) is 5.31. The Labute approximate surface area is 104 Å². The highest BCUT2D eigenvalue weighted by Crippen LogP contribution is 2.26. The minimum absolute atomic E-state index is 0.174. The Morgan fingerprint density at radius 2 is 2.31 bits per heavy atom. The highest BCUT2D eigenvalue weighted by molar-refractivity contribution is 7.91. The van der Waals surface area contributed by atoms with Crippen LogP contribution in [0.15, 0.2) is 16.9 Å². The Hall–Kier alpha value is -0.430. The molecular weight excluding hydrogens is 268 g/mol. The first kappa shape index (κ1) is 13.6. The van der Waals surface area contributed by atoms with Crippen molar-refractivity contribution in [3.05, 3.63) is 22.8 Å². The van der Waals surface area contributed by atoms with Crippen molar-refractivity contribution >= 4 is 33.0 Å². The maximum absolute atomic E-state index is 11.9. The second-order valence-electron chi connectivity index (χ2n) is 3.39. The second kappa shape index (κ2) is 5.27. The molecule has 0 fully saturated rings. The molecule has 16 heavy (non-hydrogen) atoms. The standard InChI is InChI=1S/C9H13ClN2O2S2/c1-4-5-6(2)12-16(13,14)8-7(3)11-9(10)15-8/h4,6,12H,1,5H2,2-3H3. The van der Waals surface area contributed by atoms with Gasteiger partial charge in [-0.05, 0) is 20.3 Å². The molecule has 0 aromatic carbocycles. The van der Waals surface area contributed by atoms with Gasteiger partial charge in [-0.3, -0.25) is 0 Å². The van der Waals surface area contributed by atoms with Crippen LogP contribution in [0.4, 0.5) is 0 Å². The fraction of sp³-hybridized carbons (Fsp3) is 0.444. The van der Waals surface area contributed by atoms with Gasteiger partial charge in [0.1, 0.15) is 0 Å². The van der Waals surface area contributed by atoms with Crippen molar-refractivity contribution in [2.75, 3.05) is 0 Å². The zero-order chi connectivity index (χ0) is 12.3. The fourth-order valence-electron chi connectivity index (χ4n) is 1.22. The van der Waals surface area contributed by atoms with Crippen LogP contribution >= 0.6 is 22.9 Å². The molecule has 0 radical (unpaired) electrons. The average molecular weight is 281 g/mol. The van der Waals surface area contributed by atoms with E-state index in [1.54, 1.807) is 19.9 Å². The minimum atomic E-state index is -3.52. The number of sulfonamides is 1. The summed E-state index contributed by atoms with van der Waals surface area (Å²) in [6.45, 7) is 6.95. The van der Waals surface area contributed by atoms with Gasteiger partial charge >= 0.3 is 0 Å². The number of rotatable bonds is 5. The number of halogens is 1. The van der Waals surface area contributed by atoms with E-state index in [1.807, 2.05) is 0 Å². The maximum Gasteiger partial charge on any atom is 0.252 e. The van der Waals surface area contributed by atoms with E-state index >= 15 is 0 Å². The van der Waals surface area contributed by atoms with Crippen LogP contribution in [-0.4, -0.2) is 19.4 Å². The number of hydrogen-bond acceptors (Lipinski definition) is 4. The Bertz CT molecular complexity index is 482. The van der Waals surface area contributed by atoms with Crippen LogP contribution in [0.3, 0.4) is 0 Å². The van der Waals surface area contributed by atoms with E-state index < -0.39 is 10.0 Å². The van der Waals surface area contributed by atoms with Crippen molar-refractivity contribution in [2.45, 2.75) is 30.5 Å². The van der Waals surface area contributed by atoms with Gasteiger partial charge in [-0.2, -0.15) is 0 Å². The van der Waals surface area contributed by atoms with Crippen LogP contribution in [0.1, 0.15) is 19.0 Å². The van der Waals surface area contributed by atoms with Gasteiger partial charge in [-0.15, -0.1) is 6.58 Å². The van der Waals surface area contributed by atoms with Crippen LogP contribution in [0.5, 0.6) is 0 Å². The summed E-state index contributed by atoms with van der Waals surface area (Å²) in [5, 5.41) is 0. The Balaban J connectivity index is 2.94. The SMILES string of the molecule is C=CCC(C)NS(=O)(=O)c1sc(Cl)nc1C. The minimum Gasteiger partial charge on any atom is -0.229 e. The van der Waals surface area contributed by atoms with E-state index in [4.69, 9.17) is 11.6 Å². The normalized spacial score (nSPS) is 13.7. The van der Waals surface area contributed by atoms with Crippen LogP contribution in [0.2, 0.25) is 4.47 Å². The summed E-state index contributed by atoms with van der Waals surface area (Å²) >= 11 is 6.63. The lowest BCUT2D eigenvalue weighted by molar-refractivity contribution is 0.563. The molecule has 0 spiro atoms. The van der Waals surface area contributed by atoms with Crippen molar-refractivity contribution in [1.29, 1.82) is 0 Å². The molecule has 90 valence electrons. The van der Waals surface area contributed by atoms with E-state index in [9.17, 15) is 8.42 Å². The first-order valence-corrected chi connectivity index (χ1v) is 7.30. The predicted molar refractivity (Wildman–Crippen MR) is 66.5 cm³/mol. The van der Waals surface area contributed by atoms with E-state index in [0.29, 0.717) is 12.1 Å². The quantitative estimate of drug-likeness (QED) is 0.842. The molecule has 0 aliphatic heterocycles. The molecule has 0 saturated heterocycles. The van der Waals surface area contributed by atoms with Crippen molar-refractivity contribution in [2.24, 2.45) is 0 Å². The molecule has 1 N–H and O–H groups in total. The molecule has 0 aliphatic rings. The van der Waals surface area contributed by atoms with Gasteiger partial charge in [0.15, 0.2) is 8.68 Å². The summed E-state index contributed by atoms with van der Waals surface area (Å²) in [6.07, 6.45) is 2.24. The number of nitrogens with one attached hydrogen (secondary N) is 1. The predicted octanol–water partition coefficient (Wildman–Crippen LogP) is 2.35. The summed E-state index contributed by atoms with van der Waals surface area (Å²) in [5.41, 5.74) is 0.424. The molecule has 7 heteroatoms. The largest absolute Gasteiger partial charge is 0.252 e. The third-order valence-electron chi connectivity index (χ3n) is 1.85. The van der Waals surface area contributed by atoms with Gasteiger partial charge in [-0.1, -0.05) is 29.0 Å². The van der Waals surface area contributed by atoms with E-state index in [1.165, 1.54) is 0 Å². The van der Waals surface area contributed by atoms with Gasteiger partial charge in [0, 0.05) is 6.04 Å². The first-order chi connectivity index (χ1) is 7.36. The third kappa shape index (κ3) is 3.28. The van der Waals surface area contributed by atoms with Crippen molar-refractivity contribution in [3.8, 4) is 0 Å². The number of thiazole rings is 1. The second-order valence-corrected chi connectivity index (χ2v) is 6.88. The maximum atomic E-state index is 11.9. The zero-order valence-electron chi connectivity index (χ0n) is 9.03. The number of nitrogens with zero attached hydrogens (tertiary/aromatic N) is 1. The molecule has 1 unspecified atom stereocenters. The van der Waals surface area contributed by atoms with Crippen LogP contribution < -0.4 is 4.72 Å². The summed E-state index contributed by atoms with van der Waals surface area (Å²) in [7, 11) is -3.52. The Morgan fingerprint density at radius 3 is 2.75 bits per heavy atom. The topological polar surface area (TPSA) is 59.1 Å². The molecule has 1 atom stereocenters. The Morgan fingerprint density at radius 1 is 1.69 bits per heavy atom. The Kier molecular flexibility index (Phi) is 4.49. The molecule has 4 nitrogen and oxygen atoms in total. The number of hydrogen-bond donors (Lipinski definition) is 1. The molecule has 0 amide bonds. The van der Waals surface area contributed by atoms with Crippen molar-refractivity contribution in [3.63, 3.8) is 0 Å². The lowest BCUT2D eigenvalue weighted by Crippen LogP contribution is -2.32. The van der Waals surface area contributed by atoms with Crippen LogP contribution in [0, 0.1) is 6.92 Å². The van der Waals surface area contributed by atoms with Crippen LogP contribution in [-0.2, 0) is 10.0 Å². The molecule has 0 aliphatic carbocycles. The van der Waals surface area contributed by atoms with Gasteiger partial charge in [0.25, 0.3) is 10.0 Å². The smallest absolute Gasteiger partial charge is 0.229 e. The highest BCUT2D eigenvalue weighted by atomic mass is 35.5. The van der Waals surface area contributed by atoms with Gasteiger partial charge in [0.05, 0.1) is 5.69 Å². The van der Waals surface area contributed by atoms with E-state index in [0.717, 1.165) is 11.3 Å². The molecule has 0 bridgehead atoms.